The molecule has 1 fully saturated rings. The molecule has 2 aliphatic rings. The predicted molar refractivity (Wildman–Crippen MR) is 84.1 cm³/mol. The van der Waals surface area contributed by atoms with Crippen LogP contribution in [0.2, 0.25) is 0 Å². The minimum atomic E-state index is -3.74. The molecule has 7 heteroatoms. The number of amidine groups is 1. The number of sulfonamides is 1. The fraction of sp³-hybridized carbons (Fsp3) is 0.400. The second-order valence-corrected chi connectivity index (χ2v) is 7.22. The molecule has 3 rings (SSSR count). The summed E-state index contributed by atoms with van der Waals surface area (Å²) in [6.45, 7) is 3.14. The molecule has 1 aromatic carbocycles. The molecule has 5 nitrogen and oxygen atoms in total. The zero-order valence-electron chi connectivity index (χ0n) is 12.3. The topological polar surface area (TPSA) is 75.8 Å². The van der Waals surface area contributed by atoms with Crippen molar-refractivity contribution in [2.45, 2.75) is 25.8 Å². The highest BCUT2D eigenvalue weighted by Crippen LogP contribution is 2.34. The molecule has 2 N–H and O–H groups in total. The van der Waals surface area contributed by atoms with E-state index in [1.807, 2.05) is 4.90 Å². The molecule has 118 valence electrons. The lowest BCUT2D eigenvalue weighted by atomic mass is 10.0. The molecule has 0 radical (unpaired) electrons. The summed E-state index contributed by atoms with van der Waals surface area (Å²) >= 11 is 0. The summed E-state index contributed by atoms with van der Waals surface area (Å²) in [7, 11) is -3.74. The van der Waals surface area contributed by atoms with E-state index in [9.17, 15) is 12.8 Å². The van der Waals surface area contributed by atoms with Crippen LogP contribution in [-0.4, -0.2) is 38.3 Å². The van der Waals surface area contributed by atoms with Gasteiger partial charge in [-0.05, 0) is 37.5 Å². The van der Waals surface area contributed by atoms with Gasteiger partial charge in [0.15, 0.2) is 0 Å². The van der Waals surface area contributed by atoms with Crippen molar-refractivity contribution in [3.05, 3.63) is 41.2 Å². The number of hydrogen-bond acceptors (Lipinski definition) is 4. The third-order valence-corrected chi connectivity index (χ3v) is 5.56. The van der Waals surface area contributed by atoms with Crippen molar-refractivity contribution in [2.24, 2.45) is 10.1 Å². The molecule has 2 aliphatic heterocycles. The largest absolute Gasteiger partial charge is 0.356 e. The number of nitrogens with two attached hydrogens (primary N) is 1. The van der Waals surface area contributed by atoms with Crippen LogP contribution in [0.4, 0.5) is 4.39 Å². The Bertz CT molecular complexity index is 745. The maximum absolute atomic E-state index is 13.1. The van der Waals surface area contributed by atoms with Crippen molar-refractivity contribution in [3.63, 3.8) is 0 Å². The van der Waals surface area contributed by atoms with Gasteiger partial charge in [-0.3, -0.25) is 0 Å². The van der Waals surface area contributed by atoms with Crippen LogP contribution in [0.1, 0.15) is 25.3 Å². The number of benzene rings is 1. The molecule has 0 atom stereocenters. The number of nitrogens with zero attached hydrogens (tertiary/aromatic N) is 2. The molecule has 1 aromatic rings. The van der Waals surface area contributed by atoms with Gasteiger partial charge < -0.3 is 10.6 Å². The number of hydrogen-bond donors (Lipinski definition) is 1. The van der Waals surface area contributed by atoms with Gasteiger partial charge in [0.2, 0.25) is 0 Å². The SMILES string of the molecule is CC1=C(c2ccc(F)cc2)S(=O)(=O)N=C1N1CCC(N)CC1. The van der Waals surface area contributed by atoms with Gasteiger partial charge in [0, 0.05) is 24.7 Å². The lowest BCUT2D eigenvalue weighted by molar-refractivity contribution is 0.314. The highest BCUT2D eigenvalue weighted by molar-refractivity contribution is 8.00. The number of likely N-dealkylation sites (tertiary alicyclic amines) is 1. The van der Waals surface area contributed by atoms with Crippen LogP contribution in [0.3, 0.4) is 0 Å². The minimum absolute atomic E-state index is 0.163. The van der Waals surface area contributed by atoms with Gasteiger partial charge in [-0.1, -0.05) is 12.1 Å². The Morgan fingerprint density at radius 1 is 1.23 bits per heavy atom. The van der Waals surface area contributed by atoms with E-state index in [4.69, 9.17) is 5.73 Å². The van der Waals surface area contributed by atoms with Crippen molar-refractivity contribution >= 4 is 20.8 Å². The molecule has 1 saturated heterocycles. The van der Waals surface area contributed by atoms with Gasteiger partial charge in [-0.15, -0.1) is 4.40 Å². The number of rotatable bonds is 1. The molecule has 0 unspecified atom stereocenters. The molecule has 0 saturated carbocycles. The van der Waals surface area contributed by atoms with Crippen LogP contribution in [0.5, 0.6) is 0 Å². The van der Waals surface area contributed by atoms with E-state index in [0.29, 0.717) is 30.1 Å². The fourth-order valence-corrected chi connectivity index (χ4v) is 4.38. The first-order valence-corrected chi connectivity index (χ1v) is 8.65. The molecular weight excluding hydrogens is 305 g/mol. The first-order chi connectivity index (χ1) is 10.4. The van der Waals surface area contributed by atoms with Gasteiger partial charge in [-0.25, -0.2) is 4.39 Å². The molecule has 22 heavy (non-hydrogen) atoms. The third-order valence-electron chi connectivity index (χ3n) is 4.09. The first kappa shape index (κ1) is 15.2. The van der Waals surface area contributed by atoms with E-state index < -0.39 is 15.8 Å². The highest BCUT2D eigenvalue weighted by Gasteiger charge is 2.34. The Hall–Kier alpha value is -1.73. The summed E-state index contributed by atoms with van der Waals surface area (Å²) in [5.41, 5.74) is 6.96. The minimum Gasteiger partial charge on any atom is -0.356 e. The Labute approximate surface area is 129 Å². The average Bonchev–Trinajstić information content (AvgIpc) is 2.71. The molecule has 0 aromatic heterocycles. The molecular formula is C15H18FN3O2S. The van der Waals surface area contributed by atoms with Crippen LogP contribution in [0.25, 0.3) is 4.91 Å². The lowest BCUT2D eigenvalue weighted by Crippen LogP contribution is -2.42. The van der Waals surface area contributed by atoms with Crippen LogP contribution in [0.15, 0.2) is 34.2 Å². The van der Waals surface area contributed by atoms with Crippen LogP contribution in [-0.2, 0) is 10.0 Å². The monoisotopic (exact) mass is 323 g/mol. The number of piperidine rings is 1. The molecule has 0 amide bonds. The average molecular weight is 323 g/mol. The zero-order valence-corrected chi connectivity index (χ0v) is 13.1. The summed E-state index contributed by atoms with van der Waals surface area (Å²) in [6.07, 6.45) is 1.64. The second-order valence-electron chi connectivity index (χ2n) is 5.68. The highest BCUT2D eigenvalue weighted by atomic mass is 32.2. The smallest absolute Gasteiger partial charge is 0.285 e. The van der Waals surface area contributed by atoms with E-state index in [-0.39, 0.29) is 10.9 Å². The predicted octanol–water partition coefficient (Wildman–Crippen LogP) is 1.72. The van der Waals surface area contributed by atoms with E-state index in [1.54, 1.807) is 6.92 Å². The fourth-order valence-electron chi connectivity index (χ4n) is 2.90. The van der Waals surface area contributed by atoms with E-state index in [1.165, 1.54) is 24.3 Å². The van der Waals surface area contributed by atoms with Gasteiger partial charge in [-0.2, -0.15) is 8.42 Å². The van der Waals surface area contributed by atoms with Crippen molar-refractivity contribution in [3.8, 4) is 0 Å². The number of halogens is 1. The molecule has 0 bridgehead atoms. The van der Waals surface area contributed by atoms with Crippen molar-refractivity contribution in [2.75, 3.05) is 13.1 Å². The molecule has 2 heterocycles. The Kier molecular flexibility index (Phi) is 3.78. The lowest BCUT2D eigenvalue weighted by Gasteiger charge is -2.31. The van der Waals surface area contributed by atoms with Crippen LogP contribution >= 0.6 is 0 Å². The van der Waals surface area contributed by atoms with E-state index in [2.05, 4.69) is 4.40 Å². The van der Waals surface area contributed by atoms with Crippen molar-refractivity contribution < 1.29 is 12.8 Å². The van der Waals surface area contributed by atoms with Gasteiger partial charge in [0.1, 0.15) is 16.6 Å². The summed E-state index contributed by atoms with van der Waals surface area (Å²) in [5.74, 6) is 0.0924. The third kappa shape index (κ3) is 2.66. The standard InChI is InChI=1S/C15H18FN3O2S/c1-10-14(11-2-4-12(16)5-3-11)22(20,21)18-15(10)19-8-6-13(17)7-9-19/h2-5,13H,6-9,17H2,1H3. The summed E-state index contributed by atoms with van der Waals surface area (Å²) in [6, 6.07) is 5.61. The molecule has 0 spiro atoms. The maximum Gasteiger partial charge on any atom is 0.285 e. The van der Waals surface area contributed by atoms with E-state index >= 15 is 0 Å². The molecule has 0 aliphatic carbocycles. The first-order valence-electron chi connectivity index (χ1n) is 7.21. The van der Waals surface area contributed by atoms with E-state index in [0.717, 1.165) is 12.8 Å². The normalized spacial score (nSPS) is 22.1. The Morgan fingerprint density at radius 2 is 1.82 bits per heavy atom. The van der Waals surface area contributed by atoms with Crippen molar-refractivity contribution in [1.29, 1.82) is 0 Å². The van der Waals surface area contributed by atoms with Crippen molar-refractivity contribution in [1.82, 2.24) is 4.90 Å². The van der Waals surface area contributed by atoms with Gasteiger partial charge >= 0.3 is 0 Å². The van der Waals surface area contributed by atoms with Crippen LogP contribution < -0.4 is 5.73 Å². The second kappa shape index (κ2) is 5.48. The quantitative estimate of drug-likeness (QED) is 0.854. The summed E-state index contributed by atoms with van der Waals surface area (Å²) in [5, 5.41) is 0. The Morgan fingerprint density at radius 3 is 2.41 bits per heavy atom. The summed E-state index contributed by atoms with van der Waals surface area (Å²) in [4.78, 5) is 2.13. The maximum atomic E-state index is 13.1. The zero-order chi connectivity index (χ0) is 15.9. The summed E-state index contributed by atoms with van der Waals surface area (Å²) < 4.78 is 41.8. The van der Waals surface area contributed by atoms with Gasteiger partial charge in [0.05, 0.1) is 0 Å². The van der Waals surface area contributed by atoms with Gasteiger partial charge in [0.25, 0.3) is 10.0 Å². The van der Waals surface area contributed by atoms with Crippen LogP contribution in [0, 0.1) is 5.82 Å². The Balaban J connectivity index is 1.99.